The van der Waals surface area contributed by atoms with E-state index in [-0.39, 0.29) is 35.5 Å². The summed E-state index contributed by atoms with van der Waals surface area (Å²) in [5.74, 6) is 2.73. The van der Waals surface area contributed by atoms with Crippen molar-refractivity contribution in [1.82, 2.24) is 0 Å². The fourth-order valence-electron chi connectivity index (χ4n) is 6.36. The Morgan fingerprint density at radius 2 is 1.15 bits per heavy atom. The van der Waals surface area contributed by atoms with Crippen LogP contribution in [-0.4, -0.2) is 11.8 Å². The number of nitrogens with zero attached hydrogens (tertiary/aromatic N) is 1. The Hall–Kier alpha value is -3.66. The summed E-state index contributed by atoms with van der Waals surface area (Å²) in [6.45, 7) is 0. The van der Waals surface area contributed by atoms with E-state index in [1.54, 1.807) is 0 Å². The molecule has 2 amide bonds. The van der Waals surface area contributed by atoms with Crippen molar-refractivity contribution in [3.8, 4) is 22.6 Å². The van der Waals surface area contributed by atoms with E-state index < -0.39 is 0 Å². The lowest BCUT2D eigenvalue weighted by molar-refractivity contribution is -0.124. The Bertz CT molecular complexity index is 1240. The zero-order valence-electron chi connectivity index (χ0n) is 18.0. The van der Waals surface area contributed by atoms with Gasteiger partial charge in [-0.05, 0) is 77.6 Å². The van der Waals surface area contributed by atoms with E-state index in [0.717, 1.165) is 16.9 Å². The van der Waals surface area contributed by atoms with E-state index in [1.807, 2.05) is 66.7 Å². The van der Waals surface area contributed by atoms with E-state index in [2.05, 4.69) is 24.3 Å². The maximum atomic E-state index is 13.3. The molecule has 3 aromatic rings. The topological polar surface area (TPSA) is 46.6 Å². The predicted octanol–water partition coefficient (Wildman–Crippen LogP) is 5.70. The third kappa shape index (κ3) is 2.83. The third-order valence-corrected chi connectivity index (χ3v) is 7.95. The van der Waals surface area contributed by atoms with Crippen LogP contribution in [0.4, 0.5) is 5.69 Å². The van der Waals surface area contributed by atoms with Crippen molar-refractivity contribution in [2.24, 2.45) is 35.5 Å². The van der Waals surface area contributed by atoms with Crippen LogP contribution in [0.1, 0.15) is 6.42 Å². The number of anilines is 1. The number of carbonyl (C=O) groups excluding carboxylic acids is 2. The molecule has 1 heterocycles. The summed E-state index contributed by atoms with van der Waals surface area (Å²) in [5, 5.41) is 0. The molecule has 0 unspecified atom stereocenters. The Morgan fingerprint density at radius 3 is 1.73 bits per heavy atom. The zero-order chi connectivity index (χ0) is 22.1. The van der Waals surface area contributed by atoms with Gasteiger partial charge in [0.05, 0.1) is 17.5 Å². The molecule has 33 heavy (non-hydrogen) atoms. The first-order valence-electron chi connectivity index (χ1n) is 11.7. The van der Waals surface area contributed by atoms with Crippen molar-refractivity contribution in [3.05, 3.63) is 91.0 Å². The first kappa shape index (κ1) is 18.9. The molecular formula is C29H23NO3. The van der Waals surface area contributed by atoms with Gasteiger partial charge in [0.2, 0.25) is 11.8 Å². The molecule has 0 radical (unpaired) electrons. The number of benzene rings is 3. The second kappa shape index (κ2) is 6.92. The van der Waals surface area contributed by atoms with Crippen LogP contribution in [0.2, 0.25) is 0 Å². The number of rotatable bonds is 4. The molecule has 3 fully saturated rings. The highest BCUT2D eigenvalue weighted by Gasteiger charge is 2.67. The molecule has 6 atom stereocenters. The van der Waals surface area contributed by atoms with Gasteiger partial charge < -0.3 is 4.74 Å². The lowest BCUT2D eigenvalue weighted by Crippen LogP contribution is -2.40. The van der Waals surface area contributed by atoms with Crippen molar-refractivity contribution in [2.75, 3.05) is 4.90 Å². The van der Waals surface area contributed by atoms with E-state index in [9.17, 15) is 9.59 Å². The molecular weight excluding hydrogens is 410 g/mol. The van der Waals surface area contributed by atoms with Gasteiger partial charge >= 0.3 is 0 Å². The van der Waals surface area contributed by atoms with E-state index in [1.165, 1.54) is 11.3 Å². The number of allylic oxidation sites excluding steroid dienone is 2. The van der Waals surface area contributed by atoms with Crippen LogP contribution in [0, 0.1) is 35.5 Å². The number of ether oxygens (including phenoxy) is 1. The molecule has 162 valence electrons. The average molecular weight is 434 g/mol. The van der Waals surface area contributed by atoms with Gasteiger partial charge in [0.1, 0.15) is 11.5 Å². The average Bonchev–Trinajstić information content (AvgIpc) is 3.64. The maximum absolute atomic E-state index is 13.3. The summed E-state index contributed by atoms with van der Waals surface area (Å²) in [5.41, 5.74) is 2.93. The Balaban J connectivity index is 1.09. The van der Waals surface area contributed by atoms with Crippen LogP contribution >= 0.6 is 0 Å². The number of carbonyl (C=O) groups is 2. The van der Waals surface area contributed by atoms with Crippen LogP contribution in [0.15, 0.2) is 91.0 Å². The van der Waals surface area contributed by atoms with Gasteiger partial charge in [-0.25, -0.2) is 0 Å². The molecule has 3 aromatic carbocycles. The fourth-order valence-corrected chi connectivity index (χ4v) is 6.36. The minimum atomic E-state index is -0.171. The van der Waals surface area contributed by atoms with E-state index in [0.29, 0.717) is 23.3 Å². The lowest BCUT2D eigenvalue weighted by Gasteiger charge is -2.37. The van der Waals surface area contributed by atoms with E-state index in [4.69, 9.17) is 4.74 Å². The van der Waals surface area contributed by atoms with Crippen molar-refractivity contribution in [1.29, 1.82) is 0 Å². The van der Waals surface area contributed by atoms with Crippen LogP contribution < -0.4 is 9.64 Å². The largest absolute Gasteiger partial charge is 0.457 e. The van der Waals surface area contributed by atoms with Gasteiger partial charge in [0.25, 0.3) is 0 Å². The van der Waals surface area contributed by atoms with Crippen molar-refractivity contribution >= 4 is 17.5 Å². The van der Waals surface area contributed by atoms with Crippen molar-refractivity contribution in [3.63, 3.8) is 0 Å². The van der Waals surface area contributed by atoms with Gasteiger partial charge in [0.15, 0.2) is 0 Å². The highest BCUT2D eigenvalue weighted by atomic mass is 16.5. The second-order valence-electron chi connectivity index (χ2n) is 9.65. The minimum absolute atomic E-state index is 0.0279. The number of imide groups is 1. The molecule has 8 rings (SSSR count). The van der Waals surface area contributed by atoms with Crippen LogP contribution in [0.5, 0.6) is 11.5 Å². The molecule has 0 aromatic heterocycles. The maximum Gasteiger partial charge on any atom is 0.238 e. The molecule has 4 heteroatoms. The molecule has 5 aliphatic rings. The predicted molar refractivity (Wildman–Crippen MR) is 126 cm³/mol. The van der Waals surface area contributed by atoms with Gasteiger partial charge in [-0.2, -0.15) is 0 Å². The molecule has 2 bridgehead atoms. The molecule has 4 aliphatic carbocycles. The second-order valence-corrected chi connectivity index (χ2v) is 9.65. The highest BCUT2D eigenvalue weighted by molar-refractivity contribution is 6.22. The number of amides is 2. The number of hydrogen-bond donors (Lipinski definition) is 0. The summed E-state index contributed by atoms with van der Waals surface area (Å²) in [6.07, 6.45) is 5.58. The number of hydrogen-bond acceptors (Lipinski definition) is 3. The smallest absolute Gasteiger partial charge is 0.238 e. The van der Waals surface area contributed by atoms with Gasteiger partial charge in [0, 0.05) is 0 Å². The zero-order valence-corrected chi connectivity index (χ0v) is 18.0. The first-order chi connectivity index (χ1) is 16.2. The summed E-state index contributed by atoms with van der Waals surface area (Å²) in [6, 6.07) is 25.5. The Labute approximate surface area is 192 Å². The van der Waals surface area contributed by atoms with Crippen LogP contribution in [0.25, 0.3) is 11.1 Å². The summed E-state index contributed by atoms with van der Waals surface area (Å²) >= 11 is 0. The molecule has 0 N–H and O–H groups in total. The first-order valence-corrected chi connectivity index (χ1v) is 11.7. The standard InChI is InChI=1S/C29H23NO3/c31-28-26-22-14-15-23(25-16-24(22)25)27(26)29(32)30(28)19-8-12-21(13-9-19)33-20-10-6-18(7-11-20)17-4-2-1-3-5-17/h1-15,22-27H,16H2/t22-,23+,24-,25-,26+,27-/m1/s1. The van der Waals surface area contributed by atoms with Crippen molar-refractivity contribution < 1.29 is 14.3 Å². The minimum Gasteiger partial charge on any atom is -0.457 e. The monoisotopic (exact) mass is 433 g/mol. The lowest BCUT2D eigenvalue weighted by atomic mass is 9.63. The summed E-state index contributed by atoms with van der Waals surface area (Å²) in [7, 11) is 0. The van der Waals surface area contributed by atoms with Gasteiger partial charge in [-0.1, -0.05) is 54.6 Å². The van der Waals surface area contributed by atoms with Crippen LogP contribution in [0.3, 0.4) is 0 Å². The quantitative estimate of drug-likeness (QED) is 0.391. The van der Waals surface area contributed by atoms with E-state index >= 15 is 0 Å². The summed E-state index contributed by atoms with van der Waals surface area (Å²) in [4.78, 5) is 28.0. The SMILES string of the molecule is O=C1[C@@H]2[C@H]3C=C[C@H]([C@H]4C[C@H]34)[C@@H]2C(=O)N1c1ccc(Oc2ccc(-c3ccccc3)cc2)cc1. The highest BCUT2D eigenvalue weighted by Crippen LogP contribution is 2.65. The fraction of sp³-hybridized carbons (Fsp3) is 0.241. The van der Waals surface area contributed by atoms with Gasteiger partial charge in [-0.3, -0.25) is 14.5 Å². The molecule has 2 saturated carbocycles. The van der Waals surface area contributed by atoms with Crippen molar-refractivity contribution in [2.45, 2.75) is 6.42 Å². The molecule has 4 nitrogen and oxygen atoms in total. The Kier molecular flexibility index (Phi) is 3.95. The molecule has 1 aliphatic heterocycles. The normalized spacial score (nSPS) is 30.8. The van der Waals surface area contributed by atoms with Gasteiger partial charge in [-0.15, -0.1) is 0 Å². The van der Waals surface area contributed by atoms with Crippen LogP contribution in [-0.2, 0) is 9.59 Å². The molecule has 0 spiro atoms. The summed E-state index contributed by atoms with van der Waals surface area (Å²) < 4.78 is 6.00. The molecule has 1 saturated heterocycles. The Morgan fingerprint density at radius 1 is 0.636 bits per heavy atom. The third-order valence-electron chi connectivity index (χ3n) is 7.95.